The number of rotatable bonds is 2. The molecular weight excluding hydrogens is 260 g/mol. The Balaban J connectivity index is 1.94. The van der Waals surface area contributed by atoms with Gasteiger partial charge < -0.3 is 16.0 Å². The highest BCUT2D eigenvalue weighted by Gasteiger charge is 2.04. The molecule has 0 fully saturated rings. The Morgan fingerprint density at radius 2 is 2.05 bits per heavy atom. The molecule has 2 aromatic carbocycles. The molecule has 5 heteroatoms. The summed E-state index contributed by atoms with van der Waals surface area (Å²) in [5.41, 5.74) is 10.2. The van der Waals surface area contributed by atoms with E-state index >= 15 is 0 Å². The van der Waals surface area contributed by atoms with Crippen molar-refractivity contribution in [1.82, 2.24) is 9.97 Å². The van der Waals surface area contributed by atoms with E-state index in [2.05, 4.69) is 15.3 Å². The zero-order valence-electron chi connectivity index (χ0n) is 10.4. The molecule has 0 saturated carbocycles. The summed E-state index contributed by atoms with van der Waals surface area (Å²) in [6.07, 6.45) is 0. The van der Waals surface area contributed by atoms with Crippen molar-refractivity contribution in [2.24, 2.45) is 0 Å². The Labute approximate surface area is 115 Å². The maximum absolute atomic E-state index is 6.09. The van der Waals surface area contributed by atoms with Crippen LogP contribution in [0.2, 0.25) is 5.02 Å². The molecule has 0 aliphatic rings. The van der Waals surface area contributed by atoms with Crippen LogP contribution in [0.25, 0.3) is 11.0 Å². The number of nitrogens with zero attached hydrogens (tertiary/aromatic N) is 1. The molecule has 96 valence electrons. The summed E-state index contributed by atoms with van der Waals surface area (Å²) in [6.45, 7) is 1.97. The topological polar surface area (TPSA) is 66.7 Å². The molecule has 3 aromatic rings. The number of nitrogens with two attached hydrogens (primary N) is 1. The average molecular weight is 273 g/mol. The first-order valence-corrected chi connectivity index (χ1v) is 6.28. The van der Waals surface area contributed by atoms with Crippen LogP contribution in [0.1, 0.15) is 5.56 Å². The van der Waals surface area contributed by atoms with Crippen LogP contribution in [0.15, 0.2) is 36.4 Å². The number of aromatic amines is 1. The lowest BCUT2D eigenvalue weighted by Gasteiger charge is -2.04. The van der Waals surface area contributed by atoms with Crippen molar-refractivity contribution in [2.75, 3.05) is 11.1 Å². The number of imidazole rings is 1. The number of H-pyrrole nitrogens is 1. The fraction of sp³-hybridized carbons (Fsp3) is 0.0714. The molecule has 4 nitrogen and oxygen atoms in total. The number of hydrogen-bond acceptors (Lipinski definition) is 3. The first-order valence-electron chi connectivity index (χ1n) is 5.90. The predicted molar refractivity (Wildman–Crippen MR) is 80.0 cm³/mol. The molecule has 0 spiro atoms. The van der Waals surface area contributed by atoms with Crippen LogP contribution >= 0.6 is 11.6 Å². The fourth-order valence-electron chi connectivity index (χ4n) is 1.89. The van der Waals surface area contributed by atoms with Crippen molar-refractivity contribution in [3.8, 4) is 0 Å². The summed E-state index contributed by atoms with van der Waals surface area (Å²) in [5.74, 6) is 0.667. The van der Waals surface area contributed by atoms with E-state index in [1.54, 1.807) is 0 Å². The van der Waals surface area contributed by atoms with E-state index in [-0.39, 0.29) is 0 Å². The summed E-state index contributed by atoms with van der Waals surface area (Å²) in [5, 5.41) is 3.92. The van der Waals surface area contributed by atoms with E-state index in [9.17, 15) is 0 Å². The molecule has 1 heterocycles. The van der Waals surface area contributed by atoms with Gasteiger partial charge in [0.25, 0.3) is 0 Å². The van der Waals surface area contributed by atoms with E-state index in [1.807, 2.05) is 43.3 Å². The number of anilines is 3. The van der Waals surface area contributed by atoms with E-state index in [4.69, 9.17) is 17.3 Å². The SMILES string of the molecule is Cc1ccc(Nc2nc3ccc(N)cc3[nH]2)cc1Cl. The molecule has 0 saturated heterocycles. The van der Waals surface area contributed by atoms with Gasteiger partial charge in [-0.1, -0.05) is 17.7 Å². The van der Waals surface area contributed by atoms with E-state index in [0.717, 1.165) is 27.3 Å². The Bertz CT molecular complexity index is 748. The fourth-order valence-corrected chi connectivity index (χ4v) is 2.07. The van der Waals surface area contributed by atoms with E-state index in [1.165, 1.54) is 0 Å². The molecule has 0 aliphatic carbocycles. The maximum Gasteiger partial charge on any atom is 0.205 e. The first-order chi connectivity index (χ1) is 9.11. The Morgan fingerprint density at radius 3 is 2.84 bits per heavy atom. The molecule has 0 bridgehead atoms. The van der Waals surface area contributed by atoms with Gasteiger partial charge in [0.2, 0.25) is 5.95 Å². The van der Waals surface area contributed by atoms with Crippen LogP contribution in [0.4, 0.5) is 17.3 Å². The zero-order chi connectivity index (χ0) is 13.4. The van der Waals surface area contributed by atoms with Crippen molar-refractivity contribution >= 4 is 40.0 Å². The van der Waals surface area contributed by atoms with Crippen LogP contribution < -0.4 is 11.1 Å². The van der Waals surface area contributed by atoms with E-state index < -0.39 is 0 Å². The zero-order valence-corrected chi connectivity index (χ0v) is 11.1. The number of aromatic nitrogens is 2. The second kappa shape index (κ2) is 4.48. The minimum Gasteiger partial charge on any atom is -0.399 e. The second-order valence-corrected chi connectivity index (χ2v) is 4.86. The number of halogens is 1. The van der Waals surface area contributed by atoms with Gasteiger partial charge in [0.1, 0.15) is 0 Å². The van der Waals surface area contributed by atoms with Gasteiger partial charge in [0.05, 0.1) is 11.0 Å². The number of nitrogen functional groups attached to an aromatic ring is 1. The summed E-state index contributed by atoms with van der Waals surface area (Å²) in [7, 11) is 0. The van der Waals surface area contributed by atoms with Crippen molar-refractivity contribution < 1.29 is 0 Å². The van der Waals surface area contributed by atoms with Gasteiger partial charge in [-0.25, -0.2) is 4.98 Å². The van der Waals surface area contributed by atoms with Gasteiger partial charge in [0.15, 0.2) is 0 Å². The van der Waals surface area contributed by atoms with Crippen LogP contribution in [-0.4, -0.2) is 9.97 Å². The lowest BCUT2D eigenvalue weighted by molar-refractivity contribution is 1.31. The lowest BCUT2D eigenvalue weighted by atomic mass is 10.2. The summed E-state index contributed by atoms with van der Waals surface area (Å²) in [4.78, 5) is 7.61. The smallest absolute Gasteiger partial charge is 0.205 e. The standard InChI is InChI=1S/C14H13ClN4/c1-8-2-4-10(7-11(8)15)17-14-18-12-5-3-9(16)6-13(12)19-14/h2-7H,16H2,1H3,(H2,17,18,19). The number of aryl methyl sites for hydroxylation is 1. The number of fused-ring (bicyclic) bond motifs is 1. The monoisotopic (exact) mass is 272 g/mol. The van der Waals surface area contributed by atoms with Crippen molar-refractivity contribution in [2.45, 2.75) is 6.92 Å². The molecule has 0 radical (unpaired) electrons. The van der Waals surface area contributed by atoms with Crippen molar-refractivity contribution in [3.63, 3.8) is 0 Å². The summed E-state index contributed by atoms with van der Waals surface area (Å²) in [6, 6.07) is 11.4. The third-order valence-electron chi connectivity index (χ3n) is 2.94. The molecule has 3 rings (SSSR count). The van der Waals surface area contributed by atoms with Crippen LogP contribution in [0.5, 0.6) is 0 Å². The number of nitrogens with one attached hydrogen (secondary N) is 2. The molecular formula is C14H13ClN4. The molecule has 1 aromatic heterocycles. The van der Waals surface area contributed by atoms with Crippen LogP contribution in [-0.2, 0) is 0 Å². The van der Waals surface area contributed by atoms with Gasteiger partial charge >= 0.3 is 0 Å². The molecule has 0 aliphatic heterocycles. The van der Waals surface area contributed by atoms with Gasteiger partial charge in [0, 0.05) is 16.4 Å². The molecule has 0 amide bonds. The highest BCUT2D eigenvalue weighted by Crippen LogP contribution is 2.24. The summed E-state index contributed by atoms with van der Waals surface area (Å²) >= 11 is 6.09. The van der Waals surface area contributed by atoms with Gasteiger partial charge in [-0.05, 0) is 42.8 Å². The van der Waals surface area contributed by atoms with Gasteiger partial charge in [-0.2, -0.15) is 0 Å². The molecule has 19 heavy (non-hydrogen) atoms. The quantitative estimate of drug-likeness (QED) is 0.621. The lowest BCUT2D eigenvalue weighted by Crippen LogP contribution is -1.92. The van der Waals surface area contributed by atoms with Gasteiger partial charge in [-0.15, -0.1) is 0 Å². The number of benzene rings is 2. The largest absolute Gasteiger partial charge is 0.399 e. The second-order valence-electron chi connectivity index (χ2n) is 4.45. The highest BCUT2D eigenvalue weighted by atomic mass is 35.5. The predicted octanol–water partition coefficient (Wildman–Crippen LogP) is 3.85. The first kappa shape index (κ1) is 11.9. The Morgan fingerprint density at radius 1 is 1.21 bits per heavy atom. The minimum absolute atomic E-state index is 0.667. The average Bonchev–Trinajstić information content (AvgIpc) is 2.75. The van der Waals surface area contributed by atoms with Crippen molar-refractivity contribution in [1.29, 1.82) is 0 Å². The third kappa shape index (κ3) is 2.35. The van der Waals surface area contributed by atoms with Crippen molar-refractivity contribution in [3.05, 3.63) is 47.0 Å². The van der Waals surface area contributed by atoms with Crippen LogP contribution in [0, 0.1) is 6.92 Å². The minimum atomic E-state index is 0.667. The maximum atomic E-state index is 6.09. The third-order valence-corrected chi connectivity index (χ3v) is 3.35. The van der Waals surface area contributed by atoms with Crippen LogP contribution in [0.3, 0.4) is 0 Å². The van der Waals surface area contributed by atoms with Gasteiger partial charge in [-0.3, -0.25) is 0 Å². The normalized spacial score (nSPS) is 10.8. The Hall–Kier alpha value is -2.20. The molecule has 0 unspecified atom stereocenters. The highest BCUT2D eigenvalue weighted by molar-refractivity contribution is 6.31. The molecule has 4 N–H and O–H groups in total. The Kier molecular flexibility index (Phi) is 2.80. The molecule has 0 atom stereocenters. The van der Waals surface area contributed by atoms with E-state index in [0.29, 0.717) is 11.6 Å². The number of hydrogen-bond donors (Lipinski definition) is 3. The summed E-state index contributed by atoms with van der Waals surface area (Å²) < 4.78 is 0.